The van der Waals surface area contributed by atoms with Crippen LogP contribution in [0.25, 0.3) is 0 Å². The Hall–Kier alpha value is -0.800. The van der Waals surface area contributed by atoms with Gasteiger partial charge >= 0.3 is 0 Å². The fraction of sp³-hybridized carbons (Fsp3) is 0.692. The average molecular weight is 224 g/mol. The molecule has 1 heterocycles. The molecule has 3 heteroatoms. The molecule has 0 bridgehead atoms. The van der Waals surface area contributed by atoms with Gasteiger partial charge < -0.3 is 10.5 Å². The first-order chi connectivity index (χ1) is 7.54. The molecule has 0 saturated carbocycles. The highest BCUT2D eigenvalue weighted by molar-refractivity contribution is 5.14. The molecule has 0 radical (unpaired) electrons. The van der Waals surface area contributed by atoms with Crippen LogP contribution in [0.5, 0.6) is 0 Å². The Kier molecular flexibility index (Phi) is 5.03. The summed E-state index contributed by atoms with van der Waals surface area (Å²) in [5, 5.41) is 0. The molecular formula is C13H24N2O. The van der Waals surface area contributed by atoms with Crippen LogP contribution in [-0.2, 0) is 4.74 Å². The maximum Gasteiger partial charge on any atom is 0.0703 e. The Bertz CT molecular complexity index is 273. The second-order valence-electron chi connectivity index (χ2n) is 4.54. The highest BCUT2D eigenvalue weighted by Gasteiger charge is 2.28. The van der Waals surface area contributed by atoms with Crippen molar-refractivity contribution >= 4 is 0 Å². The molecule has 1 aliphatic rings. The lowest BCUT2D eigenvalue weighted by Gasteiger charge is -2.40. The Morgan fingerprint density at radius 1 is 1.44 bits per heavy atom. The van der Waals surface area contributed by atoms with Crippen molar-refractivity contribution in [3.05, 3.63) is 23.9 Å². The van der Waals surface area contributed by atoms with Crippen LogP contribution < -0.4 is 5.73 Å². The smallest absolute Gasteiger partial charge is 0.0703 e. The Morgan fingerprint density at radius 3 is 2.75 bits per heavy atom. The minimum Gasteiger partial charge on any atom is -0.399 e. The van der Waals surface area contributed by atoms with Gasteiger partial charge in [0, 0.05) is 24.8 Å². The van der Waals surface area contributed by atoms with E-state index in [1.54, 1.807) is 0 Å². The first-order valence-electron chi connectivity index (χ1n) is 6.02. The SMILES string of the molecule is C/C=C(N)\C=C/CN1C[C@H](C)O[C@H](C)C1C. The summed E-state index contributed by atoms with van der Waals surface area (Å²) >= 11 is 0. The lowest BCUT2D eigenvalue weighted by atomic mass is 10.1. The van der Waals surface area contributed by atoms with Gasteiger partial charge in [0.05, 0.1) is 12.2 Å². The zero-order chi connectivity index (χ0) is 12.1. The van der Waals surface area contributed by atoms with Gasteiger partial charge in [0.15, 0.2) is 0 Å². The topological polar surface area (TPSA) is 38.5 Å². The summed E-state index contributed by atoms with van der Waals surface area (Å²) in [6, 6.07) is 0.465. The molecule has 16 heavy (non-hydrogen) atoms. The third-order valence-electron chi connectivity index (χ3n) is 3.18. The normalized spacial score (nSPS) is 33.5. The fourth-order valence-electron chi connectivity index (χ4n) is 1.98. The molecule has 1 rings (SSSR count). The third-order valence-corrected chi connectivity index (χ3v) is 3.18. The molecule has 1 aliphatic heterocycles. The third kappa shape index (κ3) is 3.65. The number of hydrogen-bond acceptors (Lipinski definition) is 3. The summed E-state index contributed by atoms with van der Waals surface area (Å²) in [4.78, 5) is 2.43. The van der Waals surface area contributed by atoms with Crippen LogP contribution in [0.4, 0.5) is 0 Å². The van der Waals surface area contributed by atoms with E-state index in [1.165, 1.54) is 0 Å². The van der Waals surface area contributed by atoms with E-state index in [-0.39, 0.29) is 0 Å². The van der Waals surface area contributed by atoms with E-state index in [0.29, 0.717) is 18.2 Å². The van der Waals surface area contributed by atoms with Crippen molar-refractivity contribution in [3.63, 3.8) is 0 Å². The largest absolute Gasteiger partial charge is 0.399 e. The summed E-state index contributed by atoms with van der Waals surface area (Å²) in [5.74, 6) is 0. The number of allylic oxidation sites excluding steroid dienone is 2. The maximum atomic E-state index is 5.78. The van der Waals surface area contributed by atoms with E-state index in [4.69, 9.17) is 10.5 Å². The Balaban J connectivity index is 2.49. The molecule has 0 aliphatic carbocycles. The number of morpholine rings is 1. The molecule has 0 spiro atoms. The van der Waals surface area contributed by atoms with Gasteiger partial charge in [-0.3, -0.25) is 4.90 Å². The molecule has 3 atom stereocenters. The Labute approximate surface area is 98.9 Å². The quantitative estimate of drug-likeness (QED) is 0.744. The van der Waals surface area contributed by atoms with Crippen molar-refractivity contribution in [1.29, 1.82) is 0 Å². The maximum absolute atomic E-state index is 5.78. The van der Waals surface area contributed by atoms with Crippen LogP contribution in [-0.4, -0.2) is 36.2 Å². The lowest BCUT2D eigenvalue weighted by molar-refractivity contribution is -0.0953. The zero-order valence-corrected chi connectivity index (χ0v) is 10.8. The van der Waals surface area contributed by atoms with Crippen LogP contribution in [0, 0.1) is 0 Å². The van der Waals surface area contributed by atoms with Gasteiger partial charge in [-0.25, -0.2) is 0 Å². The van der Waals surface area contributed by atoms with E-state index in [0.717, 1.165) is 18.8 Å². The van der Waals surface area contributed by atoms with Crippen LogP contribution in [0.1, 0.15) is 27.7 Å². The predicted octanol–water partition coefficient (Wildman–Crippen LogP) is 1.90. The average Bonchev–Trinajstić information content (AvgIpc) is 2.24. The van der Waals surface area contributed by atoms with Gasteiger partial charge in [-0.1, -0.05) is 12.2 Å². The van der Waals surface area contributed by atoms with E-state index < -0.39 is 0 Å². The van der Waals surface area contributed by atoms with E-state index in [2.05, 4.69) is 31.7 Å². The molecule has 0 aromatic carbocycles. The van der Waals surface area contributed by atoms with Crippen molar-refractivity contribution in [1.82, 2.24) is 4.90 Å². The first kappa shape index (κ1) is 13.3. The minimum absolute atomic E-state index is 0.302. The number of nitrogens with two attached hydrogens (primary N) is 1. The molecule has 0 aromatic rings. The van der Waals surface area contributed by atoms with E-state index >= 15 is 0 Å². The second-order valence-corrected chi connectivity index (χ2v) is 4.54. The van der Waals surface area contributed by atoms with Crippen molar-refractivity contribution in [2.45, 2.75) is 45.9 Å². The van der Waals surface area contributed by atoms with Crippen LogP contribution in [0.2, 0.25) is 0 Å². The molecule has 0 amide bonds. The van der Waals surface area contributed by atoms with Gasteiger partial charge in [0.2, 0.25) is 0 Å². The molecule has 0 aromatic heterocycles. The number of rotatable bonds is 3. The standard InChI is InChI=1S/C13H24N2O/c1-5-13(14)7-6-8-15-9-10(2)16-12(4)11(15)3/h5-7,10-12H,8-9,14H2,1-4H3/b7-6-,13-5+/t10-,11?,12+/m0/s1. The summed E-state index contributed by atoms with van der Waals surface area (Å²) < 4.78 is 5.78. The van der Waals surface area contributed by atoms with E-state index in [1.807, 2.05) is 19.1 Å². The minimum atomic E-state index is 0.302. The van der Waals surface area contributed by atoms with Gasteiger partial charge in [-0.05, 0) is 33.8 Å². The van der Waals surface area contributed by atoms with E-state index in [9.17, 15) is 0 Å². The van der Waals surface area contributed by atoms with Gasteiger partial charge in [-0.2, -0.15) is 0 Å². The molecule has 1 fully saturated rings. The molecular weight excluding hydrogens is 200 g/mol. The molecule has 1 saturated heterocycles. The summed E-state index contributed by atoms with van der Waals surface area (Å²) in [7, 11) is 0. The molecule has 92 valence electrons. The predicted molar refractivity (Wildman–Crippen MR) is 68.1 cm³/mol. The highest BCUT2D eigenvalue weighted by atomic mass is 16.5. The molecule has 2 N–H and O–H groups in total. The highest BCUT2D eigenvalue weighted by Crippen LogP contribution is 2.17. The van der Waals surface area contributed by atoms with Gasteiger partial charge in [0.1, 0.15) is 0 Å². The number of nitrogens with zero attached hydrogens (tertiary/aromatic N) is 1. The number of hydrogen-bond donors (Lipinski definition) is 1. The van der Waals surface area contributed by atoms with Crippen molar-refractivity contribution in [3.8, 4) is 0 Å². The second kappa shape index (κ2) is 6.06. The van der Waals surface area contributed by atoms with Crippen molar-refractivity contribution in [2.24, 2.45) is 5.73 Å². The van der Waals surface area contributed by atoms with Crippen LogP contribution in [0.15, 0.2) is 23.9 Å². The van der Waals surface area contributed by atoms with Gasteiger partial charge in [-0.15, -0.1) is 0 Å². The van der Waals surface area contributed by atoms with Gasteiger partial charge in [0.25, 0.3) is 0 Å². The van der Waals surface area contributed by atoms with Crippen LogP contribution in [0.3, 0.4) is 0 Å². The molecule has 1 unspecified atom stereocenters. The number of ether oxygens (including phenoxy) is 1. The Morgan fingerprint density at radius 2 is 2.12 bits per heavy atom. The summed E-state index contributed by atoms with van der Waals surface area (Å²) in [6.45, 7) is 10.3. The summed E-state index contributed by atoms with van der Waals surface area (Å²) in [6.07, 6.45) is 6.62. The van der Waals surface area contributed by atoms with Crippen molar-refractivity contribution in [2.75, 3.05) is 13.1 Å². The summed E-state index contributed by atoms with van der Waals surface area (Å²) in [5.41, 5.74) is 6.53. The first-order valence-corrected chi connectivity index (χ1v) is 6.02. The zero-order valence-electron chi connectivity index (χ0n) is 10.8. The van der Waals surface area contributed by atoms with Crippen LogP contribution >= 0.6 is 0 Å². The fourth-order valence-corrected chi connectivity index (χ4v) is 1.98. The lowest BCUT2D eigenvalue weighted by Crippen LogP contribution is -2.51. The molecule has 3 nitrogen and oxygen atoms in total. The monoisotopic (exact) mass is 224 g/mol. The van der Waals surface area contributed by atoms with Crippen molar-refractivity contribution < 1.29 is 4.74 Å².